The second-order valence-corrected chi connectivity index (χ2v) is 7.64. The SMILES string of the molecule is CCNc1nc2sccn2c1S(=O)(=O)NCCCSC. The second-order valence-electron chi connectivity index (χ2n) is 4.10. The van der Waals surface area contributed by atoms with Gasteiger partial charge in [0.25, 0.3) is 10.0 Å². The Morgan fingerprint density at radius 3 is 3.00 bits per heavy atom. The highest BCUT2D eigenvalue weighted by atomic mass is 32.2. The quantitative estimate of drug-likeness (QED) is 0.721. The smallest absolute Gasteiger partial charge is 0.260 e. The summed E-state index contributed by atoms with van der Waals surface area (Å²) in [5.74, 6) is 1.35. The number of aromatic nitrogens is 2. The van der Waals surface area contributed by atoms with E-state index in [2.05, 4.69) is 15.0 Å². The Hall–Kier alpha value is -0.770. The van der Waals surface area contributed by atoms with Crippen LogP contribution in [0.1, 0.15) is 13.3 Å². The van der Waals surface area contributed by atoms with Crippen LogP contribution in [0.5, 0.6) is 0 Å². The summed E-state index contributed by atoms with van der Waals surface area (Å²) in [5.41, 5.74) is 0. The molecule has 0 unspecified atom stereocenters. The van der Waals surface area contributed by atoms with Crippen LogP contribution in [0.2, 0.25) is 0 Å². The summed E-state index contributed by atoms with van der Waals surface area (Å²) < 4.78 is 29.2. The Balaban J connectivity index is 2.29. The Morgan fingerprint density at radius 2 is 2.30 bits per heavy atom. The monoisotopic (exact) mass is 334 g/mol. The number of rotatable bonds is 8. The molecule has 2 aromatic rings. The van der Waals surface area contributed by atoms with E-state index < -0.39 is 10.0 Å². The zero-order chi connectivity index (χ0) is 14.6. The maximum Gasteiger partial charge on any atom is 0.260 e. The van der Waals surface area contributed by atoms with Crippen molar-refractivity contribution in [1.29, 1.82) is 0 Å². The van der Waals surface area contributed by atoms with E-state index in [-0.39, 0.29) is 5.03 Å². The number of thioether (sulfide) groups is 1. The topological polar surface area (TPSA) is 75.5 Å². The third kappa shape index (κ3) is 3.27. The number of thiazole rings is 1. The number of nitrogens with one attached hydrogen (secondary N) is 2. The fraction of sp³-hybridized carbons (Fsp3) is 0.545. The Bertz CT molecular complexity index is 662. The molecule has 0 aliphatic rings. The lowest BCUT2D eigenvalue weighted by molar-refractivity contribution is 0.576. The van der Waals surface area contributed by atoms with Crippen molar-refractivity contribution in [3.05, 3.63) is 11.6 Å². The van der Waals surface area contributed by atoms with Crippen LogP contribution in [0.15, 0.2) is 16.6 Å². The normalized spacial score (nSPS) is 12.1. The van der Waals surface area contributed by atoms with E-state index in [0.717, 1.165) is 12.2 Å². The number of hydrogen-bond donors (Lipinski definition) is 2. The minimum Gasteiger partial charge on any atom is -0.368 e. The number of nitrogens with zero attached hydrogens (tertiary/aromatic N) is 2. The molecule has 2 rings (SSSR count). The maximum atomic E-state index is 12.4. The number of fused-ring (bicyclic) bond motifs is 1. The summed E-state index contributed by atoms with van der Waals surface area (Å²) in [5, 5.41) is 5.03. The van der Waals surface area contributed by atoms with Crippen LogP contribution in [0, 0.1) is 0 Å². The molecule has 0 aliphatic heterocycles. The molecule has 112 valence electrons. The molecule has 6 nitrogen and oxygen atoms in total. The van der Waals surface area contributed by atoms with Gasteiger partial charge in [0, 0.05) is 24.7 Å². The first-order valence-corrected chi connectivity index (χ1v) is 10.0. The standard InChI is InChI=1S/C11H18N4O2S3/c1-3-12-9-10(15-6-8-19-11(15)14-9)20(16,17)13-5-4-7-18-2/h6,8,12-13H,3-5,7H2,1-2H3. The van der Waals surface area contributed by atoms with Gasteiger partial charge in [0.05, 0.1) is 0 Å². The molecule has 0 radical (unpaired) electrons. The average molecular weight is 334 g/mol. The van der Waals surface area contributed by atoms with Crippen LogP contribution in [-0.4, -0.2) is 42.9 Å². The van der Waals surface area contributed by atoms with E-state index in [1.54, 1.807) is 22.4 Å². The van der Waals surface area contributed by atoms with Gasteiger partial charge in [-0.05, 0) is 25.4 Å². The van der Waals surface area contributed by atoms with Gasteiger partial charge in [-0.25, -0.2) is 18.1 Å². The van der Waals surface area contributed by atoms with E-state index in [1.165, 1.54) is 11.3 Å². The van der Waals surface area contributed by atoms with Crippen LogP contribution in [0.4, 0.5) is 5.82 Å². The van der Waals surface area contributed by atoms with Crippen LogP contribution in [-0.2, 0) is 10.0 Å². The van der Waals surface area contributed by atoms with Crippen molar-refractivity contribution >= 4 is 43.9 Å². The van der Waals surface area contributed by atoms with Crippen molar-refractivity contribution in [2.45, 2.75) is 18.4 Å². The lowest BCUT2D eigenvalue weighted by atomic mass is 10.5. The van der Waals surface area contributed by atoms with Crippen LogP contribution in [0.3, 0.4) is 0 Å². The molecule has 2 aromatic heterocycles. The molecule has 0 spiro atoms. The van der Waals surface area contributed by atoms with Gasteiger partial charge in [-0.2, -0.15) is 11.8 Å². The summed E-state index contributed by atoms with van der Waals surface area (Å²) >= 11 is 3.11. The Morgan fingerprint density at radius 1 is 1.50 bits per heavy atom. The molecule has 2 N–H and O–H groups in total. The summed E-state index contributed by atoms with van der Waals surface area (Å²) in [7, 11) is -3.56. The minimum atomic E-state index is -3.56. The number of sulfonamides is 1. The summed E-state index contributed by atoms with van der Waals surface area (Å²) in [4.78, 5) is 4.99. The van der Waals surface area contributed by atoms with Gasteiger partial charge in [0.1, 0.15) is 0 Å². The molecular weight excluding hydrogens is 316 g/mol. The molecule has 0 bridgehead atoms. The fourth-order valence-corrected chi connectivity index (χ4v) is 4.33. The van der Waals surface area contributed by atoms with E-state index in [0.29, 0.717) is 23.9 Å². The van der Waals surface area contributed by atoms with Gasteiger partial charge in [-0.3, -0.25) is 4.40 Å². The van der Waals surface area contributed by atoms with Crippen LogP contribution >= 0.6 is 23.1 Å². The van der Waals surface area contributed by atoms with Crippen molar-refractivity contribution in [1.82, 2.24) is 14.1 Å². The first-order valence-electron chi connectivity index (χ1n) is 6.28. The fourth-order valence-electron chi connectivity index (χ4n) is 1.80. The van der Waals surface area contributed by atoms with Crippen LogP contribution < -0.4 is 10.0 Å². The summed E-state index contributed by atoms with van der Waals surface area (Å²) in [6, 6.07) is 0. The molecule has 0 aliphatic carbocycles. The largest absolute Gasteiger partial charge is 0.368 e. The van der Waals surface area contributed by atoms with E-state index >= 15 is 0 Å². The molecule has 0 aromatic carbocycles. The highest BCUT2D eigenvalue weighted by Crippen LogP contribution is 2.25. The van der Waals surface area contributed by atoms with Crippen LogP contribution in [0.25, 0.3) is 4.96 Å². The van der Waals surface area contributed by atoms with Crippen molar-refractivity contribution < 1.29 is 8.42 Å². The first kappa shape index (κ1) is 15.6. The second kappa shape index (κ2) is 6.79. The van der Waals surface area contributed by atoms with E-state index in [1.807, 2.05) is 18.6 Å². The van der Waals surface area contributed by atoms with Crippen molar-refractivity contribution in [3.63, 3.8) is 0 Å². The van der Waals surface area contributed by atoms with Crippen molar-refractivity contribution in [3.8, 4) is 0 Å². The van der Waals surface area contributed by atoms with Gasteiger partial charge in [-0.15, -0.1) is 11.3 Å². The predicted octanol–water partition coefficient (Wildman–Crippen LogP) is 1.86. The lowest BCUT2D eigenvalue weighted by Gasteiger charge is -2.08. The molecule has 2 heterocycles. The molecular formula is C11H18N4O2S3. The minimum absolute atomic E-state index is 0.194. The third-order valence-corrected chi connectivity index (χ3v) is 5.57. The number of anilines is 1. The third-order valence-electron chi connectivity index (χ3n) is 2.63. The highest BCUT2D eigenvalue weighted by Gasteiger charge is 2.25. The van der Waals surface area contributed by atoms with E-state index in [4.69, 9.17) is 0 Å². The number of imidazole rings is 1. The van der Waals surface area contributed by atoms with Gasteiger partial charge < -0.3 is 5.32 Å². The summed E-state index contributed by atoms with van der Waals surface area (Å²) in [6.45, 7) is 2.97. The lowest BCUT2D eigenvalue weighted by Crippen LogP contribution is -2.27. The summed E-state index contributed by atoms with van der Waals surface area (Å²) in [6.07, 6.45) is 4.54. The predicted molar refractivity (Wildman–Crippen MR) is 85.4 cm³/mol. The molecule has 0 atom stereocenters. The maximum absolute atomic E-state index is 12.4. The van der Waals surface area contributed by atoms with Crippen molar-refractivity contribution in [2.75, 3.05) is 30.4 Å². The molecule has 0 saturated heterocycles. The van der Waals surface area contributed by atoms with Gasteiger partial charge in [0.2, 0.25) is 0 Å². The molecule has 0 fully saturated rings. The zero-order valence-corrected chi connectivity index (χ0v) is 13.9. The van der Waals surface area contributed by atoms with Gasteiger partial charge in [0.15, 0.2) is 15.8 Å². The zero-order valence-electron chi connectivity index (χ0n) is 11.4. The average Bonchev–Trinajstić information content (AvgIpc) is 2.95. The Kier molecular flexibility index (Phi) is 5.30. The molecule has 9 heteroatoms. The molecule has 0 saturated carbocycles. The first-order chi connectivity index (χ1) is 9.60. The van der Waals surface area contributed by atoms with E-state index in [9.17, 15) is 8.42 Å². The molecule has 0 amide bonds. The molecule has 20 heavy (non-hydrogen) atoms. The van der Waals surface area contributed by atoms with Gasteiger partial charge >= 0.3 is 0 Å². The highest BCUT2D eigenvalue weighted by molar-refractivity contribution is 7.98. The number of hydrogen-bond acceptors (Lipinski definition) is 6. The van der Waals surface area contributed by atoms with Gasteiger partial charge in [-0.1, -0.05) is 0 Å². The van der Waals surface area contributed by atoms with Crippen molar-refractivity contribution in [2.24, 2.45) is 0 Å². The Labute approximate surface area is 127 Å².